The number of piperidine rings is 1. The van der Waals surface area contributed by atoms with Gasteiger partial charge in [0.15, 0.2) is 0 Å². The fourth-order valence-corrected chi connectivity index (χ4v) is 4.73. The maximum atomic E-state index is 13.3. The number of rotatable bonds is 5. The van der Waals surface area contributed by atoms with Gasteiger partial charge in [-0.05, 0) is 55.7 Å². The van der Waals surface area contributed by atoms with Crippen molar-refractivity contribution in [2.75, 3.05) is 27.2 Å². The lowest BCUT2D eigenvalue weighted by Gasteiger charge is -2.43. The highest BCUT2D eigenvalue weighted by Gasteiger charge is 2.46. The summed E-state index contributed by atoms with van der Waals surface area (Å²) in [5.41, 5.74) is 4.26. The van der Waals surface area contributed by atoms with E-state index in [0.29, 0.717) is 13.0 Å². The van der Waals surface area contributed by atoms with Crippen LogP contribution in [0.2, 0.25) is 0 Å². The van der Waals surface area contributed by atoms with Gasteiger partial charge in [-0.3, -0.25) is 9.59 Å². The first-order valence-electron chi connectivity index (χ1n) is 11.0. The molecule has 1 saturated carbocycles. The zero-order valence-electron chi connectivity index (χ0n) is 18.4. The summed E-state index contributed by atoms with van der Waals surface area (Å²) in [6, 6.07) is 17.1. The average Bonchev–Trinajstić information content (AvgIpc) is 3.59. The molecule has 1 atom stereocenters. The SMILES string of the molecule is Cc1ccc(-c2ccc(C[C@@]3(C(=O)N(C)C)CCCN(C(=O)C4CC4)C3)cc2)cc1. The minimum absolute atomic E-state index is 0.137. The molecule has 0 bridgehead atoms. The summed E-state index contributed by atoms with van der Waals surface area (Å²) in [7, 11) is 3.65. The molecule has 4 heteroatoms. The Morgan fingerprint density at radius 1 is 1.00 bits per heavy atom. The van der Waals surface area contributed by atoms with Crippen LogP contribution >= 0.6 is 0 Å². The number of aryl methyl sites for hydroxylation is 1. The van der Waals surface area contributed by atoms with E-state index in [9.17, 15) is 9.59 Å². The lowest BCUT2D eigenvalue weighted by Crippen LogP contribution is -2.54. The highest BCUT2D eigenvalue weighted by Crippen LogP contribution is 2.39. The van der Waals surface area contributed by atoms with Crippen molar-refractivity contribution in [2.24, 2.45) is 11.3 Å². The predicted molar refractivity (Wildman–Crippen MR) is 120 cm³/mol. The van der Waals surface area contributed by atoms with Crippen LogP contribution in [0.4, 0.5) is 0 Å². The molecule has 1 aliphatic carbocycles. The third kappa shape index (κ3) is 4.28. The van der Waals surface area contributed by atoms with Gasteiger partial charge in [0.25, 0.3) is 0 Å². The van der Waals surface area contributed by atoms with Gasteiger partial charge in [0.1, 0.15) is 0 Å². The van der Waals surface area contributed by atoms with Crippen molar-refractivity contribution in [2.45, 2.75) is 39.0 Å². The number of benzene rings is 2. The second kappa shape index (κ2) is 8.25. The first-order valence-corrected chi connectivity index (χ1v) is 11.0. The fraction of sp³-hybridized carbons (Fsp3) is 0.462. The molecular formula is C26H32N2O2. The maximum absolute atomic E-state index is 13.3. The van der Waals surface area contributed by atoms with Crippen molar-refractivity contribution in [3.05, 3.63) is 59.7 Å². The van der Waals surface area contributed by atoms with Crippen molar-refractivity contribution in [1.29, 1.82) is 0 Å². The zero-order chi connectivity index (χ0) is 21.3. The second-order valence-corrected chi connectivity index (χ2v) is 9.36. The number of carbonyl (C=O) groups is 2. The minimum Gasteiger partial charge on any atom is -0.348 e. The second-order valence-electron chi connectivity index (χ2n) is 9.36. The smallest absolute Gasteiger partial charge is 0.230 e. The number of amides is 2. The van der Waals surface area contributed by atoms with Crippen molar-refractivity contribution in [3.8, 4) is 11.1 Å². The molecule has 2 aromatic rings. The molecule has 0 unspecified atom stereocenters. The normalized spacial score (nSPS) is 21.4. The van der Waals surface area contributed by atoms with E-state index in [1.165, 1.54) is 16.7 Å². The molecule has 2 amide bonds. The third-order valence-corrected chi connectivity index (χ3v) is 6.56. The molecule has 1 saturated heterocycles. The van der Waals surface area contributed by atoms with Gasteiger partial charge in [0.2, 0.25) is 11.8 Å². The maximum Gasteiger partial charge on any atom is 0.230 e. The van der Waals surface area contributed by atoms with Crippen LogP contribution in [0.1, 0.15) is 36.8 Å². The topological polar surface area (TPSA) is 40.6 Å². The molecular weight excluding hydrogens is 372 g/mol. The number of carbonyl (C=O) groups excluding carboxylic acids is 2. The Morgan fingerprint density at radius 3 is 2.17 bits per heavy atom. The lowest BCUT2D eigenvalue weighted by molar-refractivity contribution is -0.147. The Labute approximate surface area is 179 Å². The van der Waals surface area contributed by atoms with Crippen molar-refractivity contribution < 1.29 is 9.59 Å². The first-order chi connectivity index (χ1) is 14.4. The standard InChI is InChI=1S/C26H32N2O2/c1-19-5-9-21(10-6-19)22-11-7-20(8-12-22)17-26(25(30)27(2)3)15-4-16-28(18-26)24(29)23-13-14-23/h5-12,23H,4,13-18H2,1-3H3/t26-/m0/s1. The summed E-state index contributed by atoms with van der Waals surface area (Å²) < 4.78 is 0. The van der Waals surface area contributed by atoms with Gasteiger partial charge in [-0.15, -0.1) is 0 Å². The number of nitrogens with zero attached hydrogens (tertiary/aromatic N) is 2. The highest BCUT2D eigenvalue weighted by atomic mass is 16.2. The Morgan fingerprint density at radius 2 is 1.60 bits per heavy atom. The minimum atomic E-state index is -0.530. The molecule has 2 aliphatic rings. The molecule has 1 aliphatic heterocycles. The summed E-state index contributed by atoms with van der Waals surface area (Å²) in [4.78, 5) is 29.7. The van der Waals surface area contributed by atoms with E-state index in [1.807, 2.05) is 19.0 Å². The van der Waals surface area contributed by atoms with Crippen LogP contribution in [0, 0.1) is 18.3 Å². The summed E-state index contributed by atoms with van der Waals surface area (Å²) in [6.45, 7) is 3.42. The van der Waals surface area contributed by atoms with Crippen molar-refractivity contribution >= 4 is 11.8 Å². The Bertz CT molecular complexity index is 913. The monoisotopic (exact) mass is 404 g/mol. The predicted octanol–water partition coefficient (Wildman–Crippen LogP) is 4.31. The molecule has 158 valence electrons. The lowest BCUT2D eigenvalue weighted by atomic mass is 9.73. The third-order valence-electron chi connectivity index (χ3n) is 6.56. The summed E-state index contributed by atoms with van der Waals surface area (Å²) in [5.74, 6) is 0.586. The quantitative estimate of drug-likeness (QED) is 0.745. The largest absolute Gasteiger partial charge is 0.348 e. The van der Waals surface area contributed by atoms with Gasteiger partial charge in [0, 0.05) is 33.1 Å². The van der Waals surface area contributed by atoms with Crippen LogP contribution in [0.5, 0.6) is 0 Å². The highest BCUT2D eigenvalue weighted by molar-refractivity contribution is 5.86. The van der Waals surface area contributed by atoms with Gasteiger partial charge in [-0.2, -0.15) is 0 Å². The van der Waals surface area contributed by atoms with E-state index in [-0.39, 0.29) is 17.7 Å². The molecule has 4 rings (SSSR count). The molecule has 0 aromatic heterocycles. The molecule has 2 aromatic carbocycles. The first kappa shape index (κ1) is 20.6. The van der Waals surface area contributed by atoms with Gasteiger partial charge in [-0.1, -0.05) is 54.1 Å². The Kier molecular flexibility index (Phi) is 5.68. The Hall–Kier alpha value is -2.62. The zero-order valence-corrected chi connectivity index (χ0v) is 18.4. The summed E-state index contributed by atoms with van der Waals surface area (Å²) >= 11 is 0. The molecule has 0 radical (unpaired) electrons. The van der Waals surface area contributed by atoms with E-state index in [4.69, 9.17) is 0 Å². The molecule has 4 nitrogen and oxygen atoms in total. The van der Waals surface area contributed by atoms with Crippen molar-refractivity contribution in [1.82, 2.24) is 9.80 Å². The summed E-state index contributed by atoms with van der Waals surface area (Å²) in [5, 5.41) is 0. The van der Waals surface area contributed by atoms with E-state index < -0.39 is 5.41 Å². The average molecular weight is 405 g/mol. The molecule has 0 N–H and O–H groups in total. The van der Waals surface area contributed by atoms with Crippen molar-refractivity contribution in [3.63, 3.8) is 0 Å². The van der Waals surface area contributed by atoms with Gasteiger partial charge in [0.05, 0.1) is 5.41 Å². The molecule has 2 fully saturated rings. The van der Waals surface area contributed by atoms with Crippen LogP contribution < -0.4 is 0 Å². The van der Waals surface area contributed by atoms with Gasteiger partial charge in [-0.25, -0.2) is 0 Å². The van der Waals surface area contributed by atoms with E-state index in [0.717, 1.165) is 37.8 Å². The van der Waals surface area contributed by atoms with Crippen LogP contribution in [0.3, 0.4) is 0 Å². The molecule has 0 spiro atoms. The van der Waals surface area contributed by atoms with Crippen LogP contribution in [0.15, 0.2) is 48.5 Å². The molecule has 30 heavy (non-hydrogen) atoms. The number of likely N-dealkylation sites (tertiary alicyclic amines) is 1. The van der Waals surface area contributed by atoms with E-state index >= 15 is 0 Å². The van der Waals surface area contributed by atoms with E-state index in [2.05, 4.69) is 55.5 Å². The summed E-state index contributed by atoms with van der Waals surface area (Å²) in [6.07, 6.45) is 4.40. The van der Waals surface area contributed by atoms with Crippen LogP contribution in [-0.4, -0.2) is 48.8 Å². The Balaban J connectivity index is 1.56. The number of hydrogen-bond donors (Lipinski definition) is 0. The molecule has 1 heterocycles. The number of hydrogen-bond acceptors (Lipinski definition) is 2. The van der Waals surface area contributed by atoms with Crippen LogP contribution in [0.25, 0.3) is 11.1 Å². The van der Waals surface area contributed by atoms with Gasteiger partial charge < -0.3 is 9.80 Å². The van der Waals surface area contributed by atoms with Crippen LogP contribution in [-0.2, 0) is 16.0 Å². The van der Waals surface area contributed by atoms with E-state index in [1.54, 1.807) is 4.90 Å². The fourth-order valence-electron chi connectivity index (χ4n) is 4.73. The van der Waals surface area contributed by atoms with Gasteiger partial charge >= 0.3 is 0 Å².